The van der Waals surface area contributed by atoms with Gasteiger partial charge >= 0.3 is 15.2 Å². The van der Waals surface area contributed by atoms with Crippen LogP contribution in [-0.4, -0.2) is 128 Å². The number of anilines is 3. The van der Waals surface area contributed by atoms with E-state index in [2.05, 4.69) is 65.6 Å². The van der Waals surface area contributed by atoms with Crippen LogP contribution in [0.4, 0.5) is 17.8 Å². The largest absolute Gasteiger partial charge is 0.464 e. The van der Waals surface area contributed by atoms with Gasteiger partial charge in [-0.2, -0.15) is 15.0 Å². The van der Waals surface area contributed by atoms with Crippen LogP contribution in [0.2, 0.25) is 0 Å². The van der Waals surface area contributed by atoms with Crippen molar-refractivity contribution >= 4 is 85.6 Å². The van der Waals surface area contributed by atoms with Gasteiger partial charge in [-0.1, -0.05) is 68.8 Å². The zero-order chi connectivity index (χ0) is 65.1. The molecule has 4 unspecified atom stereocenters. The third-order valence-corrected chi connectivity index (χ3v) is 19.9. The number of ether oxygens (including phenoxy) is 3. The zero-order valence-corrected chi connectivity index (χ0v) is 54.5. The molecule has 0 bridgehead atoms. The highest BCUT2D eigenvalue weighted by Crippen LogP contribution is 2.57. The molecule has 4 atom stereocenters. The molecular formula is C56H74ClN16O15P3. The summed E-state index contributed by atoms with van der Waals surface area (Å²) in [5.41, 5.74) is 21.0. The van der Waals surface area contributed by atoms with E-state index in [1.807, 2.05) is 62.4 Å². The van der Waals surface area contributed by atoms with Crippen LogP contribution in [0.25, 0.3) is 33.5 Å². The Balaban J connectivity index is 0.000000162. The molecule has 9 aromatic rings. The van der Waals surface area contributed by atoms with Gasteiger partial charge in [0.05, 0.1) is 58.1 Å². The smallest absolute Gasteiger partial charge is 0.405 e. The van der Waals surface area contributed by atoms with E-state index in [1.54, 1.807) is 31.5 Å². The van der Waals surface area contributed by atoms with Gasteiger partial charge < -0.3 is 63.1 Å². The van der Waals surface area contributed by atoms with E-state index < -0.39 is 39.4 Å². The number of furan rings is 1. The van der Waals surface area contributed by atoms with Crippen LogP contribution < -0.4 is 38.4 Å². The fourth-order valence-corrected chi connectivity index (χ4v) is 14.2. The van der Waals surface area contributed by atoms with Gasteiger partial charge in [-0.3, -0.25) is 47.5 Å². The number of nitrogens with zero attached hydrogens (tertiary/aromatic N) is 10. The lowest BCUT2D eigenvalue weighted by Gasteiger charge is -2.31. The summed E-state index contributed by atoms with van der Waals surface area (Å²) in [7, 11) is -8.35. The summed E-state index contributed by atoms with van der Waals surface area (Å²) in [6.45, 7) is 12.9. The Kier molecular flexibility index (Phi) is 22.4. The summed E-state index contributed by atoms with van der Waals surface area (Å²) in [4.78, 5) is 67.2. The molecule has 2 aliphatic rings. The Morgan fingerprint density at radius 3 is 1.81 bits per heavy atom. The predicted octanol–water partition coefficient (Wildman–Crippen LogP) is 8.07. The Morgan fingerprint density at radius 1 is 0.736 bits per heavy atom. The number of hydrogen-bond donors (Lipinski definition) is 6. The Hall–Kier alpha value is -7.37. The average molecular weight is 1340 g/mol. The highest BCUT2D eigenvalue weighted by molar-refractivity contribution is 7.56. The monoisotopic (exact) mass is 1340 g/mol. The van der Waals surface area contributed by atoms with E-state index in [0.29, 0.717) is 73.5 Å². The quantitative estimate of drug-likeness (QED) is 0.0189. The number of alkyl halides is 1. The van der Waals surface area contributed by atoms with E-state index in [0.717, 1.165) is 40.9 Å². The van der Waals surface area contributed by atoms with Crippen LogP contribution >= 0.6 is 34.3 Å². The number of imidazole rings is 3. The summed E-state index contributed by atoms with van der Waals surface area (Å²) < 4.78 is 96.9. The lowest BCUT2D eigenvalue weighted by Crippen LogP contribution is -2.22. The zero-order valence-electron chi connectivity index (χ0n) is 51.1. The molecule has 0 amide bonds. The topological polar surface area (TPSA) is 410 Å². The number of rotatable bonds is 24. The molecule has 0 aliphatic carbocycles. The summed E-state index contributed by atoms with van der Waals surface area (Å²) in [5.74, 6) is 2.54. The molecule has 31 nitrogen and oxygen atoms in total. The maximum atomic E-state index is 13.6. The van der Waals surface area contributed by atoms with Crippen LogP contribution in [-0.2, 0) is 84.3 Å². The van der Waals surface area contributed by atoms with Gasteiger partial charge in [0.15, 0.2) is 39.8 Å². The van der Waals surface area contributed by atoms with Crippen molar-refractivity contribution in [1.82, 2.24) is 63.2 Å². The number of aromatic nitrogens is 12. The van der Waals surface area contributed by atoms with Crippen molar-refractivity contribution in [3.05, 3.63) is 138 Å². The lowest BCUT2D eigenvalue weighted by molar-refractivity contribution is 0.0563. The van der Waals surface area contributed by atoms with Gasteiger partial charge in [0.2, 0.25) is 17.8 Å². The lowest BCUT2D eigenvalue weighted by atomic mass is 9.85. The summed E-state index contributed by atoms with van der Waals surface area (Å²) in [5, 5.41) is 0. The summed E-state index contributed by atoms with van der Waals surface area (Å²) in [6, 6.07) is 17.4. The minimum absolute atomic E-state index is 0.00908. The molecule has 7 aromatic heterocycles. The fourth-order valence-electron chi connectivity index (χ4n) is 9.51. The first kappa shape index (κ1) is 68.0. The van der Waals surface area contributed by atoms with E-state index in [9.17, 15) is 28.1 Å². The van der Waals surface area contributed by atoms with Gasteiger partial charge in [-0.05, 0) is 56.8 Å². The van der Waals surface area contributed by atoms with Crippen molar-refractivity contribution in [3.8, 4) is 5.75 Å². The number of fused-ring (bicyclic) bond motifs is 4. The van der Waals surface area contributed by atoms with E-state index in [-0.39, 0.29) is 98.0 Å². The molecular weight excluding hydrogens is 1270 g/mol. The highest BCUT2D eigenvalue weighted by Gasteiger charge is 2.37. The standard InChI is InChI=1S/C19H28ClN6O5P.C19H24N5O5P.C18H22N5O5P/c1-14-5-6-15(31-14)11-30-32(28,25(2)8-4-3-7-20)13-29-10-9-26-12-22-16-17(26)23-19(21)24-18(16)27;1-19(2,3)13-6-4-5-12-9-28-30(26,29-15(12)13)11-27-8-7-24-10-21-14-16(24)22-18(20)23-17(14)25;1-12-3-2-4-13(9-12)14-5-7-27-29(25,28-14)11-26-8-6-23-10-20-15-16(23)21-18(19)22-17(15)24/h5-6,12H,3-4,7-11,13H2,1-2H3,(H3,21,23,24,27);4-6,10H,7-9,11H2,1-3H3,(H3,20,22,23,25);2-4,9-10,14H,5-8,11H2,1H3,(H3,19,21,22,24). The molecule has 0 radical (unpaired) electrons. The SMILES string of the molecule is CC(C)(C)c1cccc2c1OP(=O)(COCCn1cnc3c(=O)[nH]c(N)nc31)OC2.Cc1ccc(COP(=O)(COCCn2cnc3c(=O)[nH]c(N)nc32)N(C)CCCCCl)o1.Cc1cccc(C2CCOP(=O)(COCCn3cnc4c(=O)[nH]c(N)nc43)O2)c1. The van der Waals surface area contributed by atoms with Gasteiger partial charge in [0.1, 0.15) is 36.6 Å². The van der Waals surface area contributed by atoms with Gasteiger partial charge in [-0.15, -0.1) is 11.6 Å². The Labute approximate surface area is 526 Å². The first-order valence-electron chi connectivity index (χ1n) is 28.9. The summed E-state index contributed by atoms with van der Waals surface area (Å²) in [6.07, 6.45) is 5.96. The van der Waals surface area contributed by atoms with Crippen molar-refractivity contribution in [3.63, 3.8) is 0 Å². The molecule has 1 fully saturated rings. The fraction of sp³-hybridized carbons (Fsp3) is 0.446. The highest BCUT2D eigenvalue weighted by atomic mass is 35.5. The molecule has 490 valence electrons. The van der Waals surface area contributed by atoms with Crippen LogP contribution in [0.5, 0.6) is 5.75 Å². The number of halogens is 1. The van der Waals surface area contributed by atoms with Crippen molar-refractivity contribution in [1.29, 1.82) is 0 Å². The third-order valence-electron chi connectivity index (χ3n) is 14.2. The van der Waals surface area contributed by atoms with Crippen molar-refractivity contribution in [2.45, 2.75) is 98.2 Å². The van der Waals surface area contributed by atoms with Gasteiger partial charge in [-0.25, -0.2) is 24.2 Å². The second-order valence-corrected chi connectivity index (χ2v) is 29.0. The first-order chi connectivity index (χ1) is 43.4. The van der Waals surface area contributed by atoms with E-state index in [1.165, 1.54) is 19.0 Å². The Morgan fingerprint density at radius 2 is 1.29 bits per heavy atom. The number of nitrogen functional groups attached to an aromatic ring is 3. The Bertz CT molecular complexity index is 4310. The van der Waals surface area contributed by atoms with Crippen LogP contribution in [0.1, 0.15) is 79.9 Å². The van der Waals surface area contributed by atoms with Gasteiger partial charge in [0.25, 0.3) is 24.2 Å². The molecule has 35 heteroatoms. The second kappa shape index (κ2) is 29.9. The van der Waals surface area contributed by atoms with E-state index in [4.69, 9.17) is 70.0 Å². The molecule has 2 aliphatic heterocycles. The van der Waals surface area contributed by atoms with Crippen molar-refractivity contribution in [2.24, 2.45) is 0 Å². The number of nitrogens with two attached hydrogens (primary N) is 3. The molecule has 0 saturated carbocycles. The number of nitrogens with one attached hydrogen (secondary N) is 3. The maximum absolute atomic E-state index is 13.6. The summed E-state index contributed by atoms with van der Waals surface area (Å²) >= 11 is 5.76. The van der Waals surface area contributed by atoms with Crippen LogP contribution in [0, 0.1) is 13.8 Å². The van der Waals surface area contributed by atoms with Crippen molar-refractivity contribution in [2.75, 3.05) is 82.1 Å². The molecule has 0 spiro atoms. The number of unbranched alkanes of at least 4 members (excludes halogenated alkanes) is 1. The molecule has 9 heterocycles. The first-order valence-corrected chi connectivity index (χ1v) is 34.6. The predicted molar refractivity (Wildman–Crippen MR) is 340 cm³/mol. The molecule has 9 N–H and O–H groups in total. The van der Waals surface area contributed by atoms with Gasteiger partial charge in [0, 0.05) is 49.6 Å². The normalized spacial score (nSPS) is 18.1. The minimum Gasteiger partial charge on any atom is -0.464 e. The number of benzene rings is 2. The third kappa shape index (κ3) is 17.6. The van der Waals surface area contributed by atoms with Crippen LogP contribution in [0.15, 0.2) is 92.4 Å². The van der Waals surface area contributed by atoms with E-state index >= 15 is 0 Å². The molecule has 1 saturated heterocycles. The molecule has 91 heavy (non-hydrogen) atoms. The van der Waals surface area contributed by atoms with Crippen molar-refractivity contribution < 1.29 is 54.9 Å². The number of para-hydroxylation sites is 1. The number of hydrogen-bond acceptors (Lipinski definition) is 24. The molecule has 2 aromatic carbocycles. The number of aryl methyl sites for hydroxylation is 2. The minimum atomic E-state index is -3.45. The maximum Gasteiger partial charge on any atom is 0.405 e. The number of H-pyrrole nitrogens is 3. The second-order valence-electron chi connectivity index (χ2n) is 22.3. The van der Waals surface area contributed by atoms with Crippen LogP contribution in [0.3, 0.4) is 0 Å². The average Bonchev–Trinajstić information content (AvgIpc) is 1.51. The number of aromatic amines is 3. The molecule has 11 rings (SSSR count).